The second kappa shape index (κ2) is 71.6. The van der Waals surface area contributed by atoms with Crippen LogP contribution in [-0.4, -0.2) is 37.2 Å². The lowest BCUT2D eigenvalue weighted by Gasteiger charge is -2.18. The van der Waals surface area contributed by atoms with Crippen LogP contribution < -0.4 is 0 Å². The van der Waals surface area contributed by atoms with Gasteiger partial charge in [-0.2, -0.15) is 0 Å². The van der Waals surface area contributed by atoms with E-state index in [1.165, 1.54) is 340 Å². The lowest BCUT2D eigenvalue weighted by Crippen LogP contribution is -2.30. The Morgan fingerprint density at radius 2 is 0.402 bits per heavy atom. The van der Waals surface area contributed by atoms with Crippen molar-refractivity contribution in [3.8, 4) is 0 Å². The van der Waals surface area contributed by atoms with Crippen molar-refractivity contribution in [2.45, 2.75) is 444 Å². The number of hydrogen-bond donors (Lipinski definition) is 0. The molecule has 1 atom stereocenters. The molecule has 0 bridgehead atoms. The zero-order valence-corrected chi connectivity index (χ0v) is 56.1. The van der Waals surface area contributed by atoms with E-state index in [-0.39, 0.29) is 31.1 Å². The van der Waals surface area contributed by atoms with E-state index in [0.717, 1.165) is 57.8 Å². The fourth-order valence-corrected chi connectivity index (χ4v) is 11.9. The molecule has 0 amide bonds. The third kappa shape index (κ3) is 68.9. The summed E-state index contributed by atoms with van der Waals surface area (Å²) in [6.07, 6.45) is 87.1. The molecule has 0 aliphatic rings. The van der Waals surface area contributed by atoms with Crippen LogP contribution in [0.25, 0.3) is 0 Å². The second-order valence-corrected chi connectivity index (χ2v) is 25.9. The Hall–Kier alpha value is -1.85. The van der Waals surface area contributed by atoms with Crippen LogP contribution in [0.5, 0.6) is 0 Å². The van der Waals surface area contributed by atoms with Gasteiger partial charge in [-0.3, -0.25) is 14.4 Å². The molecule has 0 saturated carbocycles. The number of carbonyl (C=O) groups is 3. The van der Waals surface area contributed by atoms with Gasteiger partial charge in [-0.1, -0.05) is 386 Å². The highest BCUT2D eigenvalue weighted by Gasteiger charge is 2.20. The van der Waals surface area contributed by atoms with Crippen LogP contribution in [-0.2, 0) is 28.6 Å². The van der Waals surface area contributed by atoms with Crippen LogP contribution in [0.15, 0.2) is 12.2 Å². The highest BCUT2D eigenvalue weighted by Crippen LogP contribution is 2.20. The maximum atomic E-state index is 12.9. The first kappa shape index (κ1) is 80.2. The van der Waals surface area contributed by atoms with Gasteiger partial charge in [0.05, 0.1) is 0 Å². The molecule has 0 N–H and O–H groups in total. The van der Waals surface area contributed by atoms with Gasteiger partial charge >= 0.3 is 17.9 Å². The Bertz CT molecular complexity index is 1280. The number of hydrogen-bond acceptors (Lipinski definition) is 6. The Kier molecular flexibility index (Phi) is 70.0. The predicted octanol–water partition coefficient (Wildman–Crippen LogP) is 26.0. The fraction of sp³-hybridized carbons (Fsp3) is 0.934. The standard InChI is InChI=1S/C76H146O6/c1-4-7-10-13-16-19-22-24-26-28-30-32-33-34-35-36-37-38-39-40-41-42-44-45-47-49-51-54-57-60-63-66-69-75(78)81-72-73(71-80-74(77)68-65-62-59-56-53-21-18-15-12-9-6-3)82-76(79)70-67-64-61-58-55-52-50-48-46-43-31-29-27-25-23-20-17-14-11-8-5-2/h29,31,73H,4-28,30,32-72H2,1-3H3/b31-29-. The van der Waals surface area contributed by atoms with E-state index in [4.69, 9.17) is 14.2 Å². The summed E-state index contributed by atoms with van der Waals surface area (Å²) < 4.78 is 17.0. The maximum Gasteiger partial charge on any atom is 0.306 e. The molecule has 0 saturated heterocycles. The number of unbranched alkanes of at least 4 members (excludes halogenated alkanes) is 58. The zero-order valence-electron chi connectivity index (χ0n) is 56.1. The first-order chi connectivity index (χ1) is 40.5. The first-order valence-electron chi connectivity index (χ1n) is 37.7. The zero-order chi connectivity index (χ0) is 59.2. The van der Waals surface area contributed by atoms with E-state index < -0.39 is 6.10 Å². The lowest BCUT2D eigenvalue weighted by atomic mass is 10.0. The molecule has 486 valence electrons. The molecule has 0 rings (SSSR count). The first-order valence-corrected chi connectivity index (χ1v) is 37.7. The summed E-state index contributed by atoms with van der Waals surface area (Å²) in [7, 11) is 0. The van der Waals surface area contributed by atoms with Gasteiger partial charge in [-0.05, 0) is 44.9 Å². The average Bonchev–Trinajstić information content (AvgIpc) is 3.48. The van der Waals surface area contributed by atoms with Crippen LogP contribution in [0.2, 0.25) is 0 Å². The van der Waals surface area contributed by atoms with E-state index in [2.05, 4.69) is 32.9 Å². The van der Waals surface area contributed by atoms with E-state index in [9.17, 15) is 14.4 Å². The number of carbonyl (C=O) groups excluding carboxylic acids is 3. The third-order valence-corrected chi connectivity index (χ3v) is 17.5. The number of allylic oxidation sites excluding steroid dienone is 2. The summed E-state index contributed by atoms with van der Waals surface area (Å²) in [6, 6.07) is 0. The summed E-state index contributed by atoms with van der Waals surface area (Å²) in [5.74, 6) is -0.832. The highest BCUT2D eigenvalue weighted by atomic mass is 16.6. The number of rotatable bonds is 71. The summed E-state index contributed by atoms with van der Waals surface area (Å²) in [5, 5.41) is 0. The molecule has 0 radical (unpaired) electrons. The van der Waals surface area contributed by atoms with Crippen molar-refractivity contribution >= 4 is 17.9 Å². The van der Waals surface area contributed by atoms with Gasteiger partial charge in [0.1, 0.15) is 13.2 Å². The molecular weight excluding hydrogens is 1010 g/mol. The molecule has 6 heteroatoms. The van der Waals surface area contributed by atoms with Crippen molar-refractivity contribution in [1.82, 2.24) is 0 Å². The number of esters is 3. The minimum atomic E-state index is -0.767. The van der Waals surface area contributed by atoms with E-state index in [1.54, 1.807) is 0 Å². The molecule has 6 nitrogen and oxygen atoms in total. The van der Waals surface area contributed by atoms with Crippen LogP contribution in [0.3, 0.4) is 0 Å². The number of ether oxygens (including phenoxy) is 3. The molecule has 0 aromatic carbocycles. The highest BCUT2D eigenvalue weighted by molar-refractivity contribution is 5.71. The molecule has 0 heterocycles. The quantitative estimate of drug-likeness (QED) is 0.0261. The lowest BCUT2D eigenvalue weighted by molar-refractivity contribution is -0.167. The Balaban J connectivity index is 4.07. The van der Waals surface area contributed by atoms with Crippen molar-refractivity contribution in [2.24, 2.45) is 0 Å². The minimum Gasteiger partial charge on any atom is -0.462 e. The smallest absolute Gasteiger partial charge is 0.306 e. The molecule has 1 unspecified atom stereocenters. The summed E-state index contributed by atoms with van der Waals surface area (Å²) >= 11 is 0. The van der Waals surface area contributed by atoms with E-state index in [0.29, 0.717) is 19.3 Å². The Labute approximate surface area is 513 Å². The van der Waals surface area contributed by atoms with Gasteiger partial charge in [-0.25, -0.2) is 0 Å². The van der Waals surface area contributed by atoms with Crippen molar-refractivity contribution < 1.29 is 28.6 Å². The van der Waals surface area contributed by atoms with Crippen molar-refractivity contribution in [3.63, 3.8) is 0 Å². The van der Waals surface area contributed by atoms with E-state index in [1.807, 2.05) is 0 Å². The van der Waals surface area contributed by atoms with Gasteiger partial charge in [0.2, 0.25) is 0 Å². The van der Waals surface area contributed by atoms with Crippen molar-refractivity contribution in [2.75, 3.05) is 13.2 Å². The van der Waals surface area contributed by atoms with Crippen LogP contribution in [0.4, 0.5) is 0 Å². The fourth-order valence-electron chi connectivity index (χ4n) is 11.9. The molecule has 0 aliphatic carbocycles. The molecule has 0 aliphatic heterocycles. The topological polar surface area (TPSA) is 78.9 Å². The normalized spacial score (nSPS) is 12.0. The summed E-state index contributed by atoms with van der Waals surface area (Å²) in [5.41, 5.74) is 0. The third-order valence-electron chi connectivity index (χ3n) is 17.5. The van der Waals surface area contributed by atoms with Crippen molar-refractivity contribution in [3.05, 3.63) is 12.2 Å². The molecule has 0 aromatic heterocycles. The van der Waals surface area contributed by atoms with Gasteiger partial charge in [0, 0.05) is 19.3 Å². The van der Waals surface area contributed by atoms with Crippen LogP contribution >= 0.6 is 0 Å². The average molecular weight is 1160 g/mol. The molecular formula is C76H146O6. The predicted molar refractivity (Wildman–Crippen MR) is 358 cm³/mol. The van der Waals surface area contributed by atoms with Crippen LogP contribution in [0.1, 0.15) is 438 Å². The summed E-state index contributed by atoms with van der Waals surface area (Å²) in [4.78, 5) is 38.4. The largest absolute Gasteiger partial charge is 0.462 e. The monoisotopic (exact) mass is 1160 g/mol. The second-order valence-electron chi connectivity index (χ2n) is 25.9. The van der Waals surface area contributed by atoms with Gasteiger partial charge in [-0.15, -0.1) is 0 Å². The Morgan fingerprint density at radius 1 is 0.232 bits per heavy atom. The Morgan fingerprint density at radius 3 is 0.610 bits per heavy atom. The molecule has 0 spiro atoms. The molecule has 82 heavy (non-hydrogen) atoms. The molecule has 0 fully saturated rings. The maximum absolute atomic E-state index is 12.9. The SMILES string of the molecule is CCCCCCCCCC/C=C\CCCCCCCCCCCC(=O)OC(COC(=O)CCCCCCCCCCCCC)COC(=O)CCCCCCCCCCCCCCCCCCCCCCCCCCCCCCCCCC. The van der Waals surface area contributed by atoms with Crippen LogP contribution in [0, 0.1) is 0 Å². The minimum absolute atomic E-state index is 0.0640. The van der Waals surface area contributed by atoms with E-state index >= 15 is 0 Å². The van der Waals surface area contributed by atoms with Gasteiger partial charge in [0.25, 0.3) is 0 Å². The van der Waals surface area contributed by atoms with Crippen molar-refractivity contribution in [1.29, 1.82) is 0 Å². The molecule has 0 aromatic rings. The van der Waals surface area contributed by atoms with Gasteiger partial charge in [0.15, 0.2) is 6.10 Å². The summed E-state index contributed by atoms with van der Waals surface area (Å²) in [6.45, 7) is 6.72. The van der Waals surface area contributed by atoms with Gasteiger partial charge < -0.3 is 14.2 Å².